The number of hydrogen-bond donors (Lipinski definition) is 1. The van der Waals surface area contributed by atoms with Crippen molar-refractivity contribution in [2.45, 2.75) is 32.3 Å². The summed E-state index contributed by atoms with van der Waals surface area (Å²) in [4.78, 5) is 4.26. The number of pyridine rings is 1. The summed E-state index contributed by atoms with van der Waals surface area (Å²) in [7, 11) is 0. The van der Waals surface area contributed by atoms with E-state index in [2.05, 4.69) is 4.98 Å². The number of rotatable bonds is 2. The van der Waals surface area contributed by atoms with Crippen LogP contribution in [-0.2, 0) is 5.60 Å². The average Bonchev–Trinajstić information content (AvgIpc) is 2.87. The second-order valence-corrected chi connectivity index (χ2v) is 4.14. The molecule has 1 fully saturated rings. The van der Waals surface area contributed by atoms with E-state index in [1.165, 1.54) is 0 Å². The van der Waals surface area contributed by atoms with E-state index in [4.69, 9.17) is 0 Å². The van der Waals surface area contributed by atoms with Crippen molar-refractivity contribution in [2.75, 3.05) is 0 Å². The normalized spacial score (nSPS) is 21.2. The number of nitrogens with zero attached hydrogens (tertiary/aromatic N) is 1. The number of aliphatic hydroxyl groups is 1. The van der Waals surface area contributed by atoms with Gasteiger partial charge in [-0.2, -0.15) is 0 Å². The first kappa shape index (κ1) is 8.70. The highest BCUT2D eigenvalue weighted by molar-refractivity contribution is 5.19. The summed E-state index contributed by atoms with van der Waals surface area (Å²) in [6, 6.07) is 3.92. The molecule has 1 atom stereocenters. The lowest BCUT2D eigenvalue weighted by atomic mass is 9.95. The first-order valence-corrected chi connectivity index (χ1v) is 4.76. The van der Waals surface area contributed by atoms with E-state index in [0.717, 1.165) is 24.1 Å². The van der Waals surface area contributed by atoms with Crippen LogP contribution in [0.25, 0.3) is 0 Å². The van der Waals surface area contributed by atoms with E-state index in [1.807, 2.05) is 32.2 Å². The number of hydrogen-bond acceptors (Lipinski definition) is 2. The largest absolute Gasteiger partial charge is 0.384 e. The zero-order valence-electron chi connectivity index (χ0n) is 8.12. The molecule has 1 aromatic rings. The van der Waals surface area contributed by atoms with Crippen molar-refractivity contribution in [2.24, 2.45) is 5.92 Å². The van der Waals surface area contributed by atoms with Crippen molar-refractivity contribution in [1.29, 1.82) is 0 Å². The van der Waals surface area contributed by atoms with Gasteiger partial charge in [-0.15, -0.1) is 0 Å². The zero-order chi connectivity index (χ0) is 9.47. The van der Waals surface area contributed by atoms with E-state index in [-0.39, 0.29) is 0 Å². The third kappa shape index (κ3) is 1.59. The van der Waals surface area contributed by atoms with Crippen LogP contribution in [-0.4, -0.2) is 10.1 Å². The van der Waals surface area contributed by atoms with Crippen LogP contribution in [0, 0.1) is 12.8 Å². The second kappa shape index (κ2) is 2.81. The Morgan fingerprint density at radius 3 is 2.62 bits per heavy atom. The highest BCUT2D eigenvalue weighted by Crippen LogP contribution is 2.44. The Morgan fingerprint density at radius 2 is 2.15 bits per heavy atom. The van der Waals surface area contributed by atoms with Crippen molar-refractivity contribution in [3.8, 4) is 0 Å². The minimum absolute atomic E-state index is 0.419. The Hall–Kier alpha value is -0.890. The Bertz CT molecular complexity index is 298. The third-order valence-electron chi connectivity index (χ3n) is 2.80. The predicted octanol–water partition coefficient (Wildman–Crippen LogP) is 2.01. The van der Waals surface area contributed by atoms with Crippen molar-refractivity contribution < 1.29 is 5.11 Å². The predicted molar refractivity (Wildman–Crippen MR) is 51.3 cm³/mol. The number of aromatic nitrogens is 1. The Morgan fingerprint density at radius 1 is 1.46 bits per heavy atom. The molecule has 0 amide bonds. The summed E-state index contributed by atoms with van der Waals surface area (Å²) in [5.41, 5.74) is 1.23. The van der Waals surface area contributed by atoms with Crippen LogP contribution in [0.2, 0.25) is 0 Å². The van der Waals surface area contributed by atoms with Crippen molar-refractivity contribution in [1.82, 2.24) is 4.98 Å². The molecule has 1 aliphatic carbocycles. The molecule has 1 saturated carbocycles. The van der Waals surface area contributed by atoms with Gasteiger partial charge in [-0.25, -0.2) is 0 Å². The summed E-state index contributed by atoms with van der Waals surface area (Å²) >= 11 is 0. The Labute approximate surface area is 78.6 Å². The summed E-state index contributed by atoms with van der Waals surface area (Å²) in [5, 5.41) is 10.2. The van der Waals surface area contributed by atoms with Gasteiger partial charge < -0.3 is 5.11 Å². The molecule has 13 heavy (non-hydrogen) atoms. The molecule has 70 valence electrons. The molecule has 0 aromatic carbocycles. The van der Waals surface area contributed by atoms with Crippen molar-refractivity contribution in [3.05, 3.63) is 29.6 Å². The maximum atomic E-state index is 10.2. The Balaban J connectivity index is 2.28. The van der Waals surface area contributed by atoms with Gasteiger partial charge in [0.1, 0.15) is 5.60 Å². The van der Waals surface area contributed by atoms with E-state index in [1.54, 1.807) is 0 Å². The molecular weight excluding hydrogens is 162 g/mol. The van der Waals surface area contributed by atoms with Crippen molar-refractivity contribution >= 4 is 0 Å². The SMILES string of the molecule is Cc1ccc(C(C)(O)C2CC2)nc1. The topological polar surface area (TPSA) is 33.1 Å². The lowest BCUT2D eigenvalue weighted by molar-refractivity contribution is 0.0286. The van der Waals surface area contributed by atoms with Gasteiger partial charge in [-0.05, 0) is 44.2 Å². The molecule has 0 saturated heterocycles. The van der Waals surface area contributed by atoms with Crippen LogP contribution in [0.3, 0.4) is 0 Å². The molecule has 1 unspecified atom stereocenters. The van der Waals surface area contributed by atoms with E-state index >= 15 is 0 Å². The van der Waals surface area contributed by atoms with Crippen LogP contribution < -0.4 is 0 Å². The molecule has 0 aliphatic heterocycles. The van der Waals surface area contributed by atoms with E-state index in [9.17, 15) is 5.11 Å². The minimum Gasteiger partial charge on any atom is -0.384 e. The van der Waals surface area contributed by atoms with Crippen LogP contribution in [0.15, 0.2) is 18.3 Å². The molecule has 0 spiro atoms. The fourth-order valence-corrected chi connectivity index (χ4v) is 1.62. The molecule has 1 heterocycles. The monoisotopic (exact) mass is 177 g/mol. The molecule has 0 bridgehead atoms. The Kier molecular flexibility index (Phi) is 1.88. The van der Waals surface area contributed by atoms with Gasteiger partial charge in [0.2, 0.25) is 0 Å². The summed E-state index contributed by atoms with van der Waals surface area (Å²) in [6.07, 6.45) is 4.07. The van der Waals surface area contributed by atoms with Gasteiger partial charge in [0.25, 0.3) is 0 Å². The average molecular weight is 177 g/mol. The van der Waals surface area contributed by atoms with Gasteiger partial charge in [-0.1, -0.05) is 6.07 Å². The quantitative estimate of drug-likeness (QED) is 0.749. The lowest BCUT2D eigenvalue weighted by Gasteiger charge is -2.22. The fourth-order valence-electron chi connectivity index (χ4n) is 1.62. The minimum atomic E-state index is -0.715. The second-order valence-electron chi connectivity index (χ2n) is 4.14. The highest BCUT2D eigenvalue weighted by atomic mass is 16.3. The molecule has 1 N–H and O–H groups in total. The van der Waals surface area contributed by atoms with E-state index < -0.39 is 5.60 Å². The highest BCUT2D eigenvalue weighted by Gasteiger charge is 2.42. The molecule has 0 radical (unpaired) electrons. The first-order valence-electron chi connectivity index (χ1n) is 4.76. The van der Waals surface area contributed by atoms with Gasteiger partial charge in [0.15, 0.2) is 0 Å². The maximum absolute atomic E-state index is 10.2. The van der Waals surface area contributed by atoms with Gasteiger partial charge in [0, 0.05) is 6.20 Å². The first-order chi connectivity index (χ1) is 6.10. The van der Waals surface area contributed by atoms with Crippen LogP contribution in [0.1, 0.15) is 31.0 Å². The van der Waals surface area contributed by atoms with E-state index in [0.29, 0.717) is 5.92 Å². The summed E-state index contributed by atoms with van der Waals surface area (Å²) in [5.74, 6) is 0.419. The lowest BCUT2D eigenvalue weighted by Crippen LogP contribution is -2.25. The zero-order valence-corrected chi connectivity index (χ0v) is 8.12. The summed E-state index contributed by atoms with van der Waals surface area (Å²) in [6.45, 7) is 3.87. The molecule has 1 aromatic heterocycles. The molecule has 2 nitrogen and oxygen atoms in total. The molecule has 1 aliphatic rings. The van der Waals surface area contributed by atoms with Gasteiger partial charge >= 0.3 is 0 Å². The van der Waals surface area contributed by atoms with Crippen LogP contribution in [0.5, 0.6) is 0 Å². The maximum Gasteiger partial charge on any atom is 0.106 e. The summed E-state index contributed by atoms with van der Waals surface area (Å²) < 4.78 is 0. The van der Waals surface area contributed by atoms with Gasteiger partial charge in [-0.3, -0.25) is 4.98 Å². The third-order valence-corrected chi connectivity index (χ3v) is 2.80. The molecule has 2 heteroatoms. The smallest absolute Gasteiger partial charge is 0.106 e. The van der Waals surface area contributed by atoms with Crippen LogP contribution >= 0.6 is 0 Å². The fraction of sp³-hybridized carbons (Fsp3) is 0.545. The molecular formula is C11H15NO. The standard InChI is InChI=1S/C11H15NO/c1-8-3-6-10(12-7-8)11(2,13)9-4-5-9/h3,6-7,9,13H,4-5H2,1-2H3. The number of aryl methyl sites for hydroxylation is 1. The van der Waals surface area contributed by atoms with Gasteiger partial charge in [0.05, 0.1) is 5.69 Å². The molecule has 2 rings (SSSR count). The van der Waals surface area contributed by atoms with Crippen molar-refractivity contribution in [3.63, 3.8) is 0 Å². The van der Waals surface area contributed by atoms with Crippen LogP contribution in [0.4, 0.5) is 0 Å².